The topological polar surface area (TPSA) is 55.6 Å². The molecule has 76 valence electrons. The normalized spacial score (nSPS) is 22.6. The van der Waals surface area contributed by atoms with E-state index in [2.05, 4.69) is 13.8 Å². The molecule has 0 radical (unpaired) electrons. The molecular weight excluding hydrogens is 168 g/mol. The molecule has 0 bridgehead atoms. The van der Waals surface area contributed by atoms with E-state index in [4.69, 9.17) is 10.5 Å². The maximum Gasteiger partial charge on any atom is 0.410 e. The van der Waals surface area contributed by atoms with Crippen molar-refractivity contribution >= 4 is 6.09 Å². The Morgan fingerprint density at radius 3 is 2.92 bits per heavy atom. The molecule has 1 fully saturated rings. The van der Waals surface area contributed by atoms with Gasteiger partial charge in [-0.1, -0.05) is 13.8 Å². The maximum absolute atomic E-state index is 11.3. The van der Waals surface area contributed by atoms with Gasteiger partial charge in [-0.15, -0.1) is 0 Å². The predicted molar refractivity (Wildman–Crippen MR) is 50.4 cm³/mol. The molecule has 0 aliphatic carbocycles. The van der Waals surface area contributed by atoms with Crippen LogP contribution in [0.25, 0.3) is 0 Å². The number of hydrogen-bond acceptors (Lipinski definition) is 3. The van der Waals surface area contributed by atoms with Crippen LogP contribution in [0.2, 0.25) is 0 Å². The van der Waals surface area contributed by atoms with Crippen molar-refractivity contribution in [2.24, 2.45) is 11.7 Å². The van der Waals surface area contributed by atoms with Crippen LogP contribution in [0.15, 0.2) is 0 Å². The SMILES string of the molecule is CC(C)CN1C(=O)OCC1CCN. The number of cyclic esters (lactones) is 1. The first-order valence-electron chi connectivity index (χ1n) is 4.78. The lowest BCUT2D eigenvalue weighted by molar-refractivity contribution is 0.154. The third-order valence-corrected chi connectivity index (χ3v) is 2.14. The predicted octanol–water partition coefficient (Wildman–Crippen LogP) is 0.812. The third kappa shape index (κ3) is 2.59. The van der Waals surface area contributed by atoms with Crippen molar-refractivity contribution in [3.8, 4) is 0 Å². The summed E-state index contributed by atoms with van der Waals surface area (Å²) in [5.41, 5.74) is 5.45. The van der Waals surface area contributed by atoms with Gasteiger partial charge in [-0.2, -0.15) is 0 Å². The molecule has 13 heavy (non-hydrogen) atoms. The molecule has 4 nitrogen and oxygen atoms in total. The average Bonchev–Trinajstić information content (AvgIpc) is 2.36. The monoisotopic (exact) mass is 186 g/mol. The lowest BCUT2D eigenvalue weighted by atomic mass is 10.1. The highest BCUT2D eigenvalue weighted by Crippen LogP contribution is 2.16. The Bertz CT molecular complexity index is 182. The van der Waals surface area contributed by atoms with Gasteiger partial charge in [0.05, 0.1) is 6.04 Å². The van der Waals surface area contributed by atoms with Gasteiger partial charge in [-0.3, -0.25) is 0 Å². The Labute approximate surface area is 79.0 Å². The van der Waals surface area contributed by atoms with Crippen molar-refractivity contribution in [3.63, 3.8) is 0 Å². The van der Waals surface area contributed by atoms with Crippen molar-refractivity contribution in [1.29, 1.82) is 0 Å². The maximum atomic E-state index is 11.3. The zero-order chi connectivity index (χ0) is 9.84. The number of rotatable bonds is 4. The lowest BCUT2D eigenvalue weighted by Gasteiger charge is -2.22. The van der Waals surface area contributed by atoms with E-state index in [1.54, 1.807) is 4.90 Å². The number of carbonyl (C=O) groups is 1. The molecule has 1 saturated heterocycles. The van der Waals surface area contributed by atoms with Gasteiger partial charge in [0.25, 0.3) is 0 Å². The standard InChI is InChI=1S/C9H18N2O2/c1-7(2)5-11-8(3-4-10)6-13-9(11)12/h7-8H,3-6,10H2,1-2H3. The van der Waals surface area contributed by atoms with Gasteiger partial charge >= 0.3 is 6.09 Å². The molecule has 1 unspecified atom stereocenters. The minimum absolute atomic E-state index is 0.188. The number of nitrogens with zero attached hydrogens (tertiary/aromatic N) is 1. The van der Waals surface area contributed by atoms with Crippen molar-refractivity contribution in [1.82, 2.24) is 4.90 Å². The minimum Gasteiger partial charge on any atom is -0.447 e. The van der Waals surface area contributed by atoms with Gasteiger partial charge in [0, 0.05) is 6.54 Å². The van der Waals surface area contributed by atoms with Crippen LogP contribution in [-0.4, -0.2) is 36.7 Å². The number of hydrogen-bond donors (Lipinski definition) is 1. The summed E-state index contributed by atoms with van der Waals surface area (Å²) in [7, 11) is 0. The van der Waals surface area contributed by atoms with Crippen molar-refractivity contribution in [2.75, 3.05) is 19.7 Å². The van der Waals surface area contributed by atoms with E-state index in [0.29, 0.717) is 19.1 Å². The van der Waals surface area contributed by atoms with E-state index in [1.807, 2.05) is 0 Å². The molecule has 1 amide bonds. The van der Waals surface area contributed by atoms with E-state index in [0.717, 1.165) is 13.0 Å². The van der Waals surface area contributed by atoms with Gasteiger partial charge in [0.1, 0.15) is 6.61 Å². The smallest absolute Gasteiger partial charge is 0.410 e. The van der Waals surface area contributed by atoms with Crippen LogP contribution in [-0.2, 0) is 4.74 Å². The lowest BCUT2D eigenvalue weighted by Crippen LogP contribution is -2.37. The van der Waals surface area contributed by atoms with Gasteiger partial charge in [0.2, 0.25) is 0 Å². The summed E-state index contributed by atoms with van der Waals surface area (Å²) in [5, 5.41) is 0. The van der Waals surface area contributed by atoms with Crippen molar-refractivity contribution < 1.29 is 9.53 Å². The molecular formula is C9H18N2O2. The molecule has 0 aromatic carbocycles. The quantitative estimate of drug-likeness (QED) is 0.707. The fourth-order valence-electron chi connectivity index (χ4n) is 1.54. The Balaban J connectivity index is 2.49. The summed E-state index contributed by atoms with van der Waals surface area (Å²) in [6, 6.07) is 0.194. The van der Waals surface area contributed by atoms with Crippen LogP contribution in [0.3, 0.4) is 0 Å². The Kier molecular flexibility index (Phi) is 3.54. The molecule has 0 spiro atoms. The van der Waals surface area contributed by atoms with Crippen LogP contribution < -0.4 is 5.73 Å². The number of ether oxygens (including phenoxy) is 1. The molecule has 0 aromatic heterocycles. The largest absolute Gasteiger partial charge is 0.447 e. The van der Waals surface area contributed by atoms with Crippen LogP contribution >= 0.6 is 0 Å². The molecule has 1 heterocycles. The van der Waals surface area contributed by atoms with Crippen molar-refractivity contribution in [3.05, 3.63) is 0 Å². The highest BCUT2D eigenvalue weighted by Gasteiger charge is 2.32. The van der Waals surface area contributed by atoms with Gasteiger partial charge < -0.3 is 15.4 Å². The highest BCUT2D eigenvalue weighted by atomic mass is 16.6. The van der Waals surface area contributed by atoms with Crippen LogP contribution in [0.4, 0.5) is 4.79 Å². The molecule has 4 heteroatoms. The second-order valence-electron chi connectivity index (χ2n) is 3.85. The second kappa shape index (κ2) is 4.46. The molecule has 1 rings (SSSR count). The zero-order valence-corrected chi connectivity index (χ0v) is 8.32. The van der Waals surface area contributed by atoms with Crippen LogP contribution in [0.1, 0.15) is 20.3 Å². The van der Waals surface area contributed by atoms with E-state index in [1.165, 1.54) is 0 Å². The second-order valence-corrected chi connectivity index (χ2v) is 3.85. The molecule has 1 aliphatic rings. The molecule has 1 atom stereocenters. The minimum atomic E-state index is -0.188. The highest BCUT2D eigenvalue weighted by molar-refractivity contribution is 5.70. The first kappa shape index (κ1) is 10.3. The van der Waals surface area contributed by atoms with Crippen LogP contribution in [0.5, 0.6) is 0 Å². The van der Waals surface area contributed by atoms with Gasteiger partial charge in [0.15, 0.2) is 0 Å². The van der Waals surface area contributed by atoms with E-state index >= 15 is 0 Å². The summed E-state index contributed by atoms with van der Waals surface area (Å²) in [5.74, 6) is 0.478. The van der Waals surface area contributed by atoms with Gasteiger partial charge in [-0.05, 0) is 18.9 Å². The number of nitrogens with two attached hydrogens (primary N) is 1. The van der Waals surface area contributed by atoms with E-state index in [-0.39, 0.29) is 12.1 Å². The summed E-state index contributed by atoms with van der Waals surface area (Å²) < 4.78 is 4.96. The number of carbonyl (C=O) groups excluding carboxylic acids is 1. The third-order valence-electron chi connectivity index (χ3n) is 2.14. The Morgan fingerprint density at radius 2 is 2.38 bits per heavy atom. The fraction of sp³-hybridized carbons (Fsp3) is 0.889. The zero-order valence-electron chi connectivity index (χ0n) is 8.32. The summed E-state index contributed by atoms with van der Waals surface area (Å²) >= 11 is 0. The fourth-order valence-corrected chi connectivity index (χ4v) is 1.54. The Hall–Kier alpha value is -0.770. The van der Waals surface area contributed by atoms with E-state index in [9.17, 15) is 4.79 Å². The average molecular weight is 186 g/mol. The van der Waals surface area contributed by atoms with Gasteiger partial charge in [-0.25, -0.2) is 4.79 Å². The first-order chi connectivity index (χ1) is 6.15. The molecule has 0 aromatic rings. The molecule has 0 saturated carbocycles. The summed E-state index contributed by atoms with van der Waals surface area (Å²) in [6.45, 7) is 6.05. The summed E-state index contributed by atoms with van der Waals surface area (Å²) in [4.78, 5) is 13.0. The molecule has 2 N–H and O–H groups in total. The van der Waals surface area contributed by atoms with Crippen molar-refractivity contribution in [2.45, 2.75) is 26.3 Å². The first-order valence-corrected chi connectivity index (χ1v) is 4.78. The number of amides is 1. The Morgan fingerprint density at radius 1 is 1.69 bits per heavy atom. The molecule has 1 aliphatic heterocycles. The van der Waals surface area contributed by atoms with E-state index < -0.39 is 0 Å². The van der Waals surface area contributed by atoms with Crippen LogP contribution in [0, 0.1) is 5.92 Å². The summed E-state index contributed by atoms with van der Waals surface area (Å²) in [6.07, 6.45) is 0.644.